The second-order valence-corrected chi connectivity index (χ2v) is 5.17. The molecule has 0 heterocycles. The number of hydrogen-bond acceptors (Lipinski definition) is 4. The molecule has 0 fully saturated rings. The Balaban J connectivity index is 2.88. The van der Waals surface area contributed by atoms with Crippen molar-refractivity contribution in [2.75, 3.05) is 0 Å². The van der Waals surface area contributed by atoms with E-state index in [-0.39, 0.29) is 4.90 Å². The van der Waals surface area contributed by atoms with Gasteiger partial charge in [0.15, 0.2) is 6.17 Å². The number of carboxylic acids is 1. The number of carboxylic acid groups (broad SMARTS) is 1. The predicted octanol–water partition coefficient (Wildman–Crippen LogP) is -0.564. The van der Waals surface area contributed by atoms with E-state index in [4.69, 9.17) is 16.0 Å². The Kier molecular flexibility index (Phi) is 4.61. The molecule has 1 rings (SSSR count). The average molecular weight is 286 g/mol. The Morgan fingerprint density at radius 3 is 2.26 bits per heavy atom. The lowest BCUT2D eigenvalue weighted by molar-refractivity contribution is -0.139. The minimum Gasteiger partial charge on any atom is -0.480 e. The topological polar surface area (TPSA) is 123 Å². The largest absolute Gasteiger partial charge is 0.480 e. The van der Waals surface area contributed by atoms with Crippen molar-refractivity contribution in [3.63, 3.8) is 0 Å². The molecule has 0 aliphatic heterocycles. The number of rotatable bonds is 3. The number of nitrogens with two attached hydrogens (primary N) is 2. The van der Waals surface area contributed by atoms with Crippen LogP contribution in [0.1, 0.15) is 5.56 Å². The molecule has 102 valence electrons. The summed E-state index contributed by atoms with van der Waals surface area (Å²) >= 11 is 0. The Bertz CT molecular complexity index is 631. The van der Waals surface area contributed by atoms with Crippen LogP contribution < -0.4 is 10.9 Å². The van der Waals surface area contributed by atoms with Crippen LogP contribution >= 0.6 is 0 Å². The lowest BCUT2D eigenvalue weighted by Gasteiger charge is -2.04. The maximum absolute atomic E-state index is 13.2. The highest BCUT2D eigenvalue weighted by atomic mass is 32.2. The highest BCUT2D eigenvalue weighted by molar-refractivity contribution is 7.89. The summed E-state index contributed by atoms with van der Waals surface area (Å²) < 4.78 is 35.2. The number of aliphatic carboxylic acids is 1. The lowest BCUT2D eigenvalue weighted by atomic mass is 10.1. The molecular weight excluding hydrogens is 275 g/mol. The first kappa shape index (κ1) is 15.1. The van der Waals surface area contributed by atoms with Crippen LogP contribution in [0.2, 0.25) is 0 Å². The minimum absolute atomic E-state index is 0.0999. The van der Waals surface area contributed by atoms with Gasteiger partial charge in [0.2, 0.25) is 10.0 Å². The third-order valence-corrected chi connectivity index (χ3v) is 3.07. The number of hydrogen-bond donors (Lipinski definition) is 3. The summed E-state index contributed by atoms with van der Waals surface area (Å²) in [7, 11) is -3.80. The van der Waals surface area contributed by atoms with Crippen molar-refractivity contribution >= 4 is 16.0 Å². The maximum Gasteiger partial charge on any atom is 0.324 e. The van der Waals surface area contributed by atoms with Crippen LogP contribution in [0.25, 0.3) is 0 Å². The fourth-order valence-electron chi connectivity index (χ4n) is 1.10. The molecule has 0 saturated carbocycles. The molecule has 1 aromatic rings. The van der Waals surface area contributed by atoms with Crippen LogP contribution in [0.4, 0.5) is 4.39 Å². The molecule has 2 atom stereocenters. The Hall–Kier alpha value is -1.95. The van der Waals surface area contributed by atoms with Gasteiger partial charge in [-0.05, 0) is 24.3 Å². The Morgan fingerprint density at radius 2 is 1.84 bits per heavy atom. The van der Waals surface area contributed by atoms with Crippen LogP contribution in [0, 0.1) is 11.8 Å². The normalized spacial score (nSPS) is 14.1. The second-order valence-electron chi connectivity index (χ2n) is 3.60. The molecule has 0 aliphatic carbocycles. The third-order valence-electron chi connectivity index (χ3n) is 2.14. The first-order chi connectivity index (χ1) is 8.71. The summed E-state index contributed by atoms with van der Waals surface area (Å²) in [6.07, 6.45) is -2.02. The molecule has 8 heteroatoms. The van der Waals surface area contributed by atoms with Gasteiger partial charge in [0.25, 0.3) is 0 Å². The molecule has 0 spiro atoms. The highest BCUT2D eigenvalue weighted by Gasteiger charge is 2.21. The van der Waals surface area contributed by atoms with Gasteiger partial charge in [0.05, 0.1) is 4.90 Å². The van der Waals surface area contributed by atoms with Gasteiger partial charge in [-0.25, -0.2) is 17.9 Å². The van der Waals surface area contributed by atoms with Gasteiger partial charge in [-0.2, -0.15) is 0 Å². The van der Waals surface area contributed by atoms with E-state index in [1.807, 2.05) is 5.92 Å². The number of benzene rings is 1. The zero-order valence-electron chi connectivity index (χ0n) is 9.58. The fourth-order valence-corrected chi connectivity index (χ4v) is 1.61. The first-order valence-electron chi connectivity index (χ1n) is 4.98. The molecule has 0 amide bonds. The van der Waals surface area contributed by atoms with Crippen LogP contribution in [0.15, 0.2) is 29.2 Å². The van der Waals surface area contributed by atoms with Gasteiger partial charge in [-0.15, -0.1) is 0 Å². The van der Waals surface area contributed by atoms with Crippen molar-refractivity contribution in [2.24, 2.45) is 10.9 Å². The molecule has 0 radical (unpaired) electrons. The predicted molar refractivity (Wildman–Crippen MR) is 65.2 cm³/mol. The standard InChI is InChI=1S/C11H11FN2O4S/c12-9(10(13)11(15)16)6-3-7-1-4-8(5-2-7)19(14,17)18/h1-2,4-5,9-10H,13H2,(H,15,16)(H2,14,17,18)/t9-,10+/m1/s1. The van der Waals surface area contributed by atoms with Gasteiger partial charge < -0.3 is 10.8 Å². The molecule has 0 aromatic heterocycles. The number of primary sulfonamides is 1. The van der Waals surface area contributed by atoms with E-state index >= 15 is 0 Å². The number of halogens is 1. The van der Waals surface area contributed by atoms with E-state index in [1.54, 1.807) is 0 Å². The van der Waals surface area contributed by atoms with Crippen LogP contribution in [0.5, 0.6) is 0 Å². The molecule has 0 saturated heterocycles. The Labute approximate surface area is 109 Å². The summed E-state index contributed by atoms with van der Waals surface area (Å²) in [5, 5.41) is 13.4. The lowest BCUT2D eigenvalue weighted by Crippen LogP contribution is -2.38. The molecule has 1 aromatic carbocycles. The van der Waals surface area contributed by atoms with Crippen LogP contribution in [-0.4, -0.2) is 31.7 Å². The van der Waals surface area contributed by atoms with E-state index in [0.29, 0.717) is 5.56 Å². The molecule has 0 unspecified atom stereocenters. The van der Waals surface area contributed by atoms with Gasteiger partial charge >= 0.3 is 5.97 Å². The van der Waals surface area contributed by atoms with Crippen LogP contribution in [-0.2, 0) is 14.8 Å². The van der Waals surface area contributed by atoms with Gasteiger partial charge in [-0.1, -0.05) is 11.8 Å². The van der Waals surface area contributed by atoms with E-state index in [2.05, 4.69) is 5.92 Å². The zero-order valence-corrected chi connectivity index (χ0v) is 10.4. The monoisotopic (exact) mass is 286 g/mol. The average Bonchev–Trinajstić information content (AvgIpc) is 2.34. The molecule has 19 heavy (non-hydrogen) atoms. The van der Waals surface area contributed by atoms with E-state index < -0.39 is 28.2 Å². The summed E-state index contributed by atoms with van der Waals surface area (Å²) in [6, 6.07) is 3.35. The van der Waals surface area contributed by atoms with Crippen molar-refractivity contribution in [3.05, 3.63) is 29.8 Å². The summed E-state index contributed by atoms with van der Waals surface area (Å²) in [5.74, 6) is 2.90. The number of carbonyl (C=O) groups is 1. The van der Waals surface area contributed by atoms with Gasteiger partial charge in [0.1, 0.15) is 6.04 Å². The number of alkyl halides is 1. The smallest absolute Gasteiger partial charge is 0.324 e. The molecule has 0 aliphatic rings. The first-order valence-corrected chi connectivity index (χ1v) is 6.53. The van der Waals surface area contributed by atoms with Crippen LogP contribution in [0.3, 0.4) is 0 Å². The fraction of sp³-hybridized carbons (Fsp3) is 0.182. The summed E-state index contributed by atoms with van der Waals surface area (Å²) in [6.45, 7) is 0. The summed E-state index contributed by atoms with van der Waals surface area (Å²) in [4.78, 5) is 10.3. The molecule has 6 nitrogen and oxygen atoms in total. The van der Waals surface area contributed by atoms with Crippen molar-refractivity contribution in [1.82, 2.24) is 0 Å². The quantitative estimate of drug-likeness (QED) is 0.642. The van der Waals surface area contributed by atoms with Crippen molar-refractivity contribution < 1.29 is 22.7 Å². The zero-order chi connectivity index (χ0) is 14.6. The Morgan fingerprint density at radius 1 is 1.32 bits per heavy atom. The van der Waals surface area contributed by atoms with Crippen molar-refractivity contribution in [3.8, 4) is 11.8 Å². The SMILES string of the molecule is N[C@H](C(=O)O)[C@H](F)C#Cc1ccc(S(N)(=O)=O)cc1. The summed E-state index contributed by atoms with van der Waals surface area (Å²) in [5.41, 5.74) is 5.35. The highest BCUT2D eigenvalue weighted by Crippen LogP contribution is 2.08. The minimum atomic E-state index is -3.80. The number of sulfonamides is 1. The van der Waals surface area contributed by atoms with E-state index in [0.717, 1.165) is 0 Å². The molecule has 5 N–H and O–H groups in total. The van der Waals surface area contributed by atoms with Gasteiger partial charge in [0, 0.05) is 5.56 Å². The van der Waals surface area contributed by atoms with Crippen molar-refractivity contribution in [1.29, 1.82) is 0 Å². The van der Waals surface area contributed by atoms with Crippen molar-refractivity contribution in [2.45, 2.75) is 17.1 Å². The molecular formula is C11H11FN2O4S. The maximum atomic E-state index is 13.2. The molecule has 0 bridgehead atoms. The second kappa shape index (κ2) is 5.79. The van der Waals surface area contributed by atoms with E-state index in [9.17, 15) is 17.6 Å². The van der Waals surface area contributed by atoms with E-state index in [1.165, 1.54) is 24.3 Å². The van der Waals surface area contributed by atoms with Gasteiger partial charge in [-0.3, -0.25) is 4.79 Å². The third kappa shape index (κ3) is 4.33.